The van der Waals surface area contributed by atoms with Crippen LogP contribution in [0.15, 0.2) is 6.07 Å². The van der Waals surface area contributed by atoms with Crippen LogP contribution >= 0.6 is 0 Å². The molecule has 1 saturated carbocycles. The maximum Gasteiger partial charge on any atom is 0.435 e. The van der Waals surface area contributed by atoms with Gasteiger partial charge in [0.25, 0.3) is 0 Å². The lowest BCUT2D eigenvalue weighted by Gasteiger charge is -2.03. The fraction of sp³-hybridized carbons (Fsp3) is 0.600. The Bertz CT molecular complexity index is 418. The number of carbonyl (C=O) groups excluding carboxylic acids is 1. The van der Waals surface area contributed by atoms with E-state index in [1.807, 2.05) is 0 Å². The predicted molar refractivity (Wildman–Crippen MR) is 49.7 cm³/mol. The molecule has 0 N–H and O–H groups in total. The molecule has 0 radical (unpaired) electrons. The quantitative estimate of drug-likeness (QED) is 0.800. The van der Waals surface area contributed by atoms with Crippen molar-refractivity contribution in [1.29, 1.82) is 0 Å². The fourth-order valence-electron chi connectivity index (χ4n) is 1.49. The van der Waals surface area contributed by atoms with Crippen molar-refractivity contribution in [3.63, 3.8) is 0 Å². The number of rotatable bonds is 3. The molecule has 3 nitrogen and oxygen atoms in total. The number of hydrogen-bond donors (Lipinski definition) is 0. The van der Waals surface area contributed by atoms with Gasteiger partial charge in [0, 0.05) is 11.6 Å². The van der Waals surface area contributed by atoms with Gasteiger partial charge in [-0.15, -0.1) is 0 Å². The number of Topliss-reactive ketones (excluding diaryl/α,β-unsaturated/α-hetero) is 1. The summed E-state index contributed by atoms with van der Waals surface area (Å²) < 4.78 is 38.1. The molecule has 0 amide bonds. The van der Waals surface area contributed by atoms with Crippen molar-refractivity contribution in [2.75, 3.05) is 0 Å². The third-order valence-corrected chi connectivity index (χ3v) is 2.61. The van der Waals surface area contributed by atoms with Gasteiger partial charge in [0.05, 0.1) is 0 Å². The van der Waals surface area contributed by atoms with Crippen LogP contribution in [0.1, 0.15) is 24.2 Å². The second-order valence-electron chi connectivity index (χ2n) is 4.07. The molecular formula is C10H11F3N2O. The summed E-state index contributed by atoms with van der Waals surface area (Å²) in [6, 6.07) is 0.959. The molecule has 16 heavy (non-hydrogen) atoms. The average Bonchev–Trinajstić information content (AvgIpc) is 2.92. The van der Waals surface area contributed by atoms with Gasteiger partial charge < -0.3 is 0 Å². The van der Waals surface area contributed by atoms with Crippen LogP contribution < -0.4 is 0 Å². The molecule has 1 fully saturated rings. The Morgan fingerprint density at radius 2 is 2.19 bits per heavy atom. The molecule has 0 aliphatic heterocycles. The van der Waals surface area contributed by atoms with Gasteiger partial charge in [-0.3, -0.25) is 9.48 Å². The first-order valence-electron chi connectivity index (χ1n) is 5.02. The predicted octanol–water partition coefficient (Wildman–Crippen LogP) is 2.19. The van der Waals surface area contributed by atoms with Crippen LogP contribution in [0.5, 0.6) is 0 Å². The molecular weight excluding hydrogens is 221 g/mol. The molecule has 0 atom stereocenters. The Kier molecular flexibility index (Phi) is 2.52. The zero-order valence-corrected chi connectivity index (χ0v) is 8.71. The summed E-state index contributed by atoms with van der Waals surface area (Å²) in [5.41, 5.74) is -0.574. The number of nitrogens with zero attached hydrogens (tertiary/aromatic N) is 2. The summed E-state index contributed by atoms with van der Waals surface area (Å²) in [5, 5.41) is 3.40. The van der Waals surface area contributed by atoms with E-state index < -0.39 is 11.9 Å². The summed E-state index contributed by atoms with van der Waals surface area (Å²) in [6.45, 7) is 1.47. The standard InChI is InChI=1S/C10H11F3N2O/c1-6-4-9(10(11,12)13)14-15(6)5-8(16)7-2-3-7/h4,7H,2-3,5H2,1H3. The Hall–Kier alpha value is -1.33. The van der Waals surface area contributed by atoms with Gasteiger partial charge in [0.1, 0.15) is 6.54 Å². The zero-order chi connectivity index (χ0) is 11.9. The SMILES string of the molecule is Cc1cc(C(F)(F)F)nn1CC(=O)C1CC1. The van der Waals surface area contributed by atoms with Crippen molar-refractivity contribution in [1.82, 2.24) is 9.78 Å². The highest BCUT2D eigenvalue weighted by molar-refractivity contribution is 5.82. The van der Waals surface area contributed by atoms with Crippen molar-refractivity contribution < 1.29 is 18.0 Å². The Labute approximate surface area is 90.2 Å². The van der Waals surface area contributed by atoms with Crippen molar-refractivity contribution in [3.05, 3.63) is 17.5 Å². The summed E-state index contributed by atoms with van der Waals surface area (Å²) in [4.78, 5) is 11.4. The van der Waals surface area contributed by atoms with Crippen LogP contribution in [0.25, 0.3) is 0 Å². The normalized spacial score (nSPS) is 16.5. The average molecular weight is 232 g/mol. The fourth-order valence-corrected chi connectivity index (χ4v) is 1.49. The van der Waals surface area contributed by atoms with Gasteiger partial charge >= 0.3 is 6.18 Å². The van der Waals surface area contributed by atoms with Crippen molar-refractivity contribution >= 4 is 5.78 Å². The molecule has 88 valence electrons. The molecule has 1 heterocycles. The first-order valence-corrected chi connectivity index (χ1v) is 5.02. The van der Waals surface area contributed by atoms with E-state index in [9.17, 15) is 18.0 Å². The highest BCUT2D eigenvalue weighted by Gasteiger charge is 2.35. The smallest absolute Gasteiger partial charge is 0.297 e. The summed E-state index contributed by atoms with van der Waals surface area (Å²) in [6.07, 6.45) is -2.74. The number of aromatic nitrogens is 2. The Balaban J connectivity index is 2.15. The lowest BCUT2D eigenvalue weighted by molar-refractivity contribution is -0.141. The van der Waals surface area contributed by atoms with E-state index in [1.54, 1.807) is 0 Å². The molecule has 0 saturated heterocycles. The minimum Gasteiger partial charge on any atom is -0.297 e. The lowest BCUT2D eigenvalue weighted by Crippen LogP contribution is -2.15. The van der Waals surface area contributed by atoms with Crippen LogP contribution in [0.3, 0.4) is 0 Å². The highest BCUT2D eigenvalue weighted by atomic mass is 19.4. The number of carbonyl (C=O) groups is 1. The minimum atomic E-state index is -4.45. The Morgan fingerprint density at radius 1 is 1.56 bits per heavy atom. The molecule has 0 aromatic carbocycles. The van der Waals surface area contributed by atoms with Crippen LogP contribution in [-0.4, -0.2) is 15.6 Å². The molecule has 1 aliphatic carbocycles. The molecule has 0 spiro atoms. The highest BCUT2D eigenvalue weighted by Crippen LogP contribution is 2.31. The van der Waals surface area contributed by atoms with E-state index in [-0.39, 0.29) is 18.2 Å². The molecule has 1 aliphatic rings. The molecule has 1 aromatic heterocycles. The first-order chi connectivity index (χ1) is 7.38. The topological polar surface area (TPSA) is 34.9 Å². The van der Waals surface area contributed by atoms with E-state index in [1.165, 1.54) is 6.92 Å². The van der Waals surface area contributed by atoms with E-state index in [0.29, 0.717) is 5.69 Å². The lowest BCUT2D eigenvalue weighted by atomic mass is 10.2. The van der Waals surface area contributed by atoms with E-state index in [2.05, 4.69) is 5.10 Å². The first kappa shape index (κ1) is 11.2. The number of ketones is 1. The van der Waals surface area contributed by atoms with E-state index in [4.69, 9.17) is 0 Å². The number of aryl methyl sites for hydroxylation is 1. The summed E-state index contributed by atoms with van der Waals surface area (Å²) in [7, 11) is 0. The van der Waals surface area contributed by atoms with Crippen LogP contribution in [0.4, 0.5) is 13.2 Å². The van der Waals surface area contributed by atoms with E-state index in [0.717, 1.165) is 23.6 Å². The summed E-state index contributed by atoms with van der Waals surface area (Å²) >= 11 is 0. The maximum absolute atomic E-state index is 12.3. The van der Waals surface area contributed by atoms with Gasteiger partial charge in [0.2, 0.25) is 0 Å². The third-order valence-electron chi connectivity index (χ3n) is 2.61. The van der Waals surface area contributed by atoms with Gasteiger partial charge in [-0.2, -0.15) is 18.3 Å². The minimum absolute atomic E-state index is 0.0278. The third kappa shape index (κ3) is 2.25. The van der Waals surface area contributed by atoms with Crippen molar-refractivity contribution in [2.45, 2.75) is 32.5 Å². The Morgan fingerprint density at radius 3 is 2.62 bits per heavy atom. The largest absolute Gasteiger partial charge is 0.435 e. The van der Waals surface area contributed by atoms with Crippen molar-refractivity contribution in [3.8, 4) is 0 Å². The molecule has 2 rings (SSSR count). The van der Waals surface area contributed by atoms with E-state index >= 15 is 0 Å². The monoisotopic (exact) mass is 232 g/mol. The number of halogens is 3. The maximum atomic E-state index is 12.3. The second kappa shape index (κ2) is 3.61. The van der Waals surface area contributed by atoms with Crippen LogP contribution in [0.2, 0.25) is 0 Å². The molecule has 1 aromatic rings. The molecule has 0 bridgehead atoms. The van der Waals surface area contributed by atoms with Gasteiger partial charge in [-0.1, -0.05) is 0 Å². The molecule has 6 heteroatoms. The number of alkyl halides is 3. The zero-order valence-electron chi connectivity index (χ0n) is 8.71. The van der Waals surface area contributed by atoms with Crippen LogP contribution in [0, 0.1) is 12.8 Å². The van der Waals surface area contributed by atoms with Gasteiger partial charge in [0.15, 0.2) is 11.5 Å². The van der Waals surface area contributed by atoms with Crippen LogP contribution in [-0.2, 0) is 17.5 Å². The second-order valence-corrected chi connectivity index (χ2v) is 4.07. The molecule has 0 unspecified atom stereocenters. The van der Waals surface area contributed by atoms with Crippen molar-refractivity contribution in [2.24, 2.45) is 5.92 Å². The van der Waals surface area contributed by atoms with Gasteiger partial charge in [-0.25, -0.2) is 0 Å². The summed E-state index contributed by atoms with van der Waals surface area (Å²) in [5.74, 6) is 0.0119. The van der Waals surface area contributed by atoms with Gasteiger partial charge in [-0.05, 0) is 25.8 Å². The number of hydrogen-bond acceptors (Lipinski definition) is 2.